The Hall–Kier alpha value is -0.553. The number of carbonyl (C=O) groups is 2. The molecule has 1 atom stereocenters. The quantitative estimate of drug-likeness (QED) is 0.153. The van der Waals surface area contributed by atoms with Crippen LogP contribution in [0.3, 0.4) is 0 Å². The zero-order valence-electron chi connectivity index (χ0n) is 17.5. The summed E-state index contributed by atoms with van der Waals surface area (Å²) in [5.41, 5.74) is 0. The van der Waals surface area contributed by atoms with Gasteiger partial charge in [-0.25, -0.2) is 0 Å². The van der Waals surface area contributed by atoms with E-state index in [-0.39, 0.29) is 32.1 Å². The maximum atomic E-state index is 12.0. The number of carbonyl (C=O) groups excluding carboxylic acids is 2. The summed E-state index contributed by atoms with van der Waals surface area (Å²) in [6.07, 6.45) is 11.3. The number of hydrogen-bond acceptors (Lipinski definition) is 6. The third kappa shape index (κ3) is 18.0. The molecule has 0 aromatic heterocycles. The van der Waals surface area contributed by atoms with Crippen molar-refractivity contribution >= 4 is 40.9 Å². The van der Waals surface area contributed by atoms with Crippen LogP contribution in [-0.2, 0) is 29.2 Å². The monoisotopic (exact) mass is 430 g/mol. The van der Waals surface area contributed by atoms with Crippen LogP contribution in [0, 0.1) is 0 Å². The van der Waals surface area contributed by atoms with Crippen LogP contribution in [0.4, 0.5) is 0 Å². The van der Waals surface area contributed by atoms with Crippen molar-refractivity contribution in [3.8, 4) is 0 Å². The van der Waals surface area contributed by atoms with Crippen molar-refractivity contribution < 1.29 is 32.0 Å². The molecule has 7 nitrogen and oxygen atoms in total. The Labute approximate surface area is 188 Å². The van der Waals surface area contributed by atoms with Gasteiger partial charge >= 0.3 is 30.8 Å². The van der Waals surface area contributed by atoms with E-state index < -0.39 is 33.7 Å². The number of esters is 2. The zero-order chi connectivity index (χ0) is 21.3. The molecule has 0 spiro atoms. The van der Waals surface area contributed by atoms with Gasteiger partial charge in [-0.15, -0.1) is 0 Å². The van der Waals surface area contributed by atoms with Crippen molar-refractivity contribution in [2.45, 2.75) is 103 Å². The molecule has 0 fully saturated rings. The van der Waals surface area contributed by atoms with E-state index >= 15 is 0 Å². The number of rotatable bonds is 18. The third-order valence-electron chi connectivity index (χ3n) is 4.48. The summed E-state index contributed by atoms with van der Waals surface area (Å²) in [5.74, 6) is -1.93. The van der Waals surface area contributed by atoms with Crippen molar-refractivity contribution in [1.29, 1.82) is 0 Å². The van der Waals surface area contributed by atoms with Crippen LogP contribution in [-0.4, -0.2) is 62.2 Å². The Bertz CT molecular complexity index is 523. The van der Waals surface area contributed by atoms with E-state index in [1.807, 2.05) is 0 Å². The van der Waals surface area contributed by atoms with Gasteiger partial charge in [0, 0.05) is 0 Å². The SMILES string of the molecule is CCCCCCCCOC(=O)CC(C(=O)OCCCCCCCC)S(=O)(=O)O.[LiH]. The van der Waals surface area contributed by atoms with Crippen molar-refractivity contribution in [2.75, 3.05) is 13.2 Å². The first-order valence-corrected chi connectivity index (χ1v) is 12.1. The first kappa shape index (κ1) is 30.6. The summed E-state index contributed by atoms with van der Waals surface area (Å²) < 4.78 is 42.0. The average Bonchev–Trinajstić information content (AvgIpc) is 2.63. The molecule has 0 aliphatic rings. The molecule has 29 heavy (non-hydrogen) atoms. The normalized spacial score (nSPS) is 12.1. The fourth-order valence-electron chi connectivity index (χ4n) is 2.74. The van der Waals surface area contributed by atoms with E-state index in [9.17, 15) is 22.6 Å². The second kappa shape index (κ2) is 19.4. The van der Waals surface area contributed by atoms with Gasteiger partial charge in [-0.05, 0) is 12.8 Å². The van der Waals surface area contributed by atoms with Gasteiger partial charge in [0.25, 0.3) is 10.1 Å². The standard InChI is InChI=1S/C20H38O7S.Li.H/c1-3-5-7-9-11-13-15-26-19(21)17-18(28(23,24)25)20(22)27-16-14-12-10-8-6-4-2;;/h18H,3-17H2,1-2H3,(H,23,24,25);;. The molecule has 0 aliphatic carbocycles. The van der Waals surface area contributed by atoms with Gasteiger partial charge in [-0.2, -0.15) is 8.42 Å². The van der Waals surface area contributed by atoms with E-state index in [2.05, 4.69) is 13.8 Å². The predicted molar refractivity (Wildman–Crippen MR) is 116 cm³/mol. The number of ether oxygens (including phenoxy) is 2. The first-order chi connectivity index (χ1) is 13.3. The molecule has 1 N–H and O–H groups in total. The van der Waals surface area contributed by atoms with E-state index in [1.165, 1.54) is 6.42 Å². The van der Waals surface area contributed by atoms with Crippen LogP contribution in [0.15, 0.2) is 0 Å². The first-order valence-electron chi connectivity index (χ1n) is 10.6. The number of hydrogen-bond donors (Lipinski definition) is 1. The van der Waals surface area contributed by atoms with Crippen LogP contribution in [0.25, 0.3) is 0 Å². The van der Waals surface area contributed by atoms with Gasteiger partial charge < -0.3 is 9.47 Å². The maximum absolute atomic E-state index is 12.0. The van der Waals surface area contributed by atoms with Crippen molar-refractivity contribution in [2.24, 2.45) is 0 Å². The topological polar surface area (TPSA) is 107 Å². The van der Waals surface area contributed by atoms with Gasteiger partial charge in [0.2, 0.25) is 0 Å². The fraction of sp³-hybridized carbons (Fsp3) is 0.900. The minimum absolute atomic E-state index is 0. The molecule has 0 aromatic carbocycles. The van der Waals surface area contributed by atoms with Crippen LogP contribution < -0.4 is 0 Å². The van der Waals surface area contributed by atoms with E-state index in [4.69, 9.17) is 9.47 Å². The molecule has 1 unspecified atom stereocenters. The second-order valence-electron chi connectivity index (χ2n) is 7.13. The van der Waals surface area contributed by atoms with Gasteiger partial charge in [-0.3, -0.25) is 14.1 Å². The van der Waals surface area contributed by atoms with Crippen molar-refractivity contribution in [3.63, 3.8) is 0 Å². The van der Waals surface area contributed by atoms with Crippen LogP contribution in [0.2, 0.25) is 0 Å². The van der Waals surface area contributed by atoms with Crippen LogP contribution in [0.1, 0.15) is 97.3 Å². The van der Waals surface area contributed by atoms with Gasteiger partial charge in [0.1, 0.15) is 0 Å². The van der Waals surface area contributed by atoms with Crippen molar-refractivity contribution in [1.82, 2.24) is 0 Å². The summed E-state index contributed by atoms with van der Waals surface area (Å²) in [6.45, 7) is 4.50. The molecule has 0 amide bonds. The molecule has 0 saturated carbocycles. The van der Waals surface area contributed by atoms with Gasteiger partial charge in [0.15, 0.2) is 5.25 Å². The Kier molecular flexibility index (Phi) is 20.5. The van der Waals surface area contributed by atoms with Crippen LogP contribution in [0.5, 0.6) is 0 Å². The Morgan fingerprint density at radius 3 is 1.62 bits per heavy atom. The molecule has 0 rings (SSSR count). The molecule has 0 heterocycles. The van der Waals surface area contributed by atoms with Gasteiger partial charge in [0.05, 0.1) is 19.6 Å². The summed E-state index contributed by atoms with van der Waals surface area (Å²) in [4.78, 5) is 23.8. The Balaban J connectivity index is 0. The Morgan fingerprint density at radius 2 is 1.17 bits per heavy atom. The molecule has 0 bridgehead atoms. The molecule has 9 heteroatoms. The zero-order valence-corrected chi connectivity index (χ0v) is 18.3. The number of unbranched alkanes of at least 4 members (excludes halogenated alkanes) is 10. The molecular formula is C20H39LiO7S. The summed E-state index contributed by atoms with van der Waals surface area (Å²) in [5, 5.41) is -1.93. The summed E-state index contributed by atoms with van der Waals surface area (Å²) in [7, 11) is -4.73. The van der Waals surface area contributed by atoms with E-state index in [1.54, 1.807) is 0 Å². The molecule has 0 radical (unpaired) electrons. The molecule has 0 saturated heterocycles. The molecule has 0 aliphatic heterocycles. The fourth-order valence-corrected chi connectivity index (χ4v) is 3.39. The minimum atomic E-state index is -4.73. The van der Waals surface area contributed by atoms with E-state index in [0.29, 0.717) is 12.8 Å². The van der Waals surface area contributed by atoms with Crippen LogP contribution >= 0.6 is 0 Å². The Morgan fingerprint density at radius 1 is 0.759 bits per heavy atom. The molecule has 168 valence electrons. The van der Waals surface area contributed by atoms with Crippen molar-refractivity contribution in [3.05, 3.63) is 0 Å². The molecular weight excluding hydrogens is 391 g/mol. The predicted octanol–water partition coefficient (Wildman–Crippen LogP) is 3.79. The summed E-state index contributed by atoms with van der Waals surface area (Å²) >= 11 is 0. The third-order valence-corrected chi connectivity index (χ3v) is 5.56. The summed E-state index contributed by atoms with van der Waals surface area (Å²) in [6, 6.07) is 0. The second-order valence-corrected chi connectivity index (χ2v) is 8.73. The molecule has 0 aromatic rings. The van der Waals surface area contributed by atoms with E-state index in [0.717, 1.165) is 57.8 Å². The van der Waals surface area contributed by atoms with Gasteiger partial charge in [-0.1, -0.05) is 78.1 Å². The average molecular weight is 431 g/mol.